The van der Waals surface area contributed by atoms with Gasteiger partial charge < -0.3 is 10.6 Å². The summed E-state index contributed by atoms with van der Waals surface area (Å²) in [6.45, 7) is 3.42. The van der Waals surface area contributed by atoms with Gasteiger partial charge in [-0.05, 0) is 57.3 Å². The minimum Gasteiger partial charge on any atom is -0.335 e. The summed E-state index contributed by atoms with van der Waals surface area (Å²) in [6.07, 6.45) is 5.04. The Morgan fingerprint density at radius 1 is 1.15 bits per heavy atom. The fourth-order valence-corrected chi connectivity index (χ4v) is 2.94. The van der Waals surface area contributed by atoms with Crippen molar-refractivity contribution in [3.05, 3.63) is 23.9 Å². The number of urea groups is 1. The van der Waals surface area contributed by atoms with Gasteiger partial charge >= 0.3 is 6.03 Å². The molecule has 0 radical (unpaired) electrons. The molecule has 26 heavy (non-hydrogen) atoms. The number of nitrogens with one attached hydrogen (secondary N) is 3. The first-order chi connectivity index (χ1) is 12.5. The fraction of sp³-hybridized carbons (Fsp3) is 0.556. The average Bonchev–Trinajstić information content (AvgIpc) is 3.41. The van der Waals surface area contributed by atoms with E-state index in [1.54, 1.807) is 12.3 Å². The van der Waals surface area contributed by atoms with E-state index in [4.69, 9.17) is 0 Å². The molecular formula is C18H25N5O3. The third kappa shape index (κ3) is 5.52. The minimum atomic E-state index is -0.419. The summed E-state index contributed by atoms with van der Waals surface area (Å²) in [5, 5.41) is 7.92. The second kappa shape index (κ2) is 8.27. The van der Waals surface area contributed by atoms with Crippen molar-refractivity contribution in [3.8, 4) is 0 Å². The van der Waals surface area contributed by atoms with Crippen molar-refractivity contribution in [1.29, 1.82) is 0 Å². The van der Waals surface area contributed by atoms with Gasteiger partial charge in [-0.15, -0.1) is 0 Å². The minimum absolute atomic E-state index is 0.0331. The van der Waals surface area contributed by atoms with E-state index in [1.807, 2.05) is 17.9 Å². The van der Waals surface area contributed by atoms with Gasteiger partial charge in [0.2, 0.25) is 11.8 Å². The molecule has 1 saturated heterocycles. The van der Waals surface area contributed by atoms with E-state index >= 15 is 0 Å². The molecule has 0 unspecified atom stereocenters. The van der Waals surface area contributed by atoms with E-state index in [9.17, 15) is 14.4 Å². The second-order valence-corrected chi connectivity index (χ2v) is 7.06. The fourth-order valence-electron chi connectivity index (χ4n) is 2.94. The summed E-state index contributed by atoms with van der Waals surface area (Å²) in [6, 6.07) is 3.50. The van der Waals surface area contributed by atoms with Crippen LogP contribution in [0.3, 0.4) is 0 Å². The second-order valence-electron chi connectivity index (χ2n) is 7.06. The molecule has 1 aromatic heterocycles. The van der Waals surface area contributed by atoms with Crippen molar-refractivity contribution in [2.45, 2.75) is 38.6 Å². The summed E-state index contributed by atoms with van der Waals surface area (Å²) < 4.78 is 0. The molecule has 1 aromatic rings. The van der Waals surface area contributed by atoms with Crippen molar-refractivity contribution in [2.75, 3.05) is 25.0 Å². The number of carbonyl (C=O) groups excluding carboxylic acids is 3. The number of imide groups is 1. The quantitative estimate of drug-likeness (QED) is 0.728. The lowest BCUT2D eigenvalue weighted by Crippen LogP contribution is -2.47. The number of aryl methyl sites for hydroxylation is 1. The zero-order chi connectivity index (χ0) is 18.5. The molecule has 1 aliphatic heterocycles. The van der Waals surface area contributed by atoms with Crippen LogP contribution >= 0.6 is 0 Å². The van der Waals surface area contributed by atoms with E-state index in [0.717, 1.165) is 18.4 Å². The maximum atomic E-state index is 12.3. The molecule has 4 amide bonds. The molecule has 2 aliphatic rings. The number of rotatable bonds is 5. The lowest BCUT2D eigenvalue weighted by atomic mass is 9.96. The predicted molar refractivity (Wildman–Crippen MR) is 96.5 cm³/mol. The molecule has 8 nitrogen and oxygen atoms in total. The Morgan fingerprint density at radius 2 is 1.88 bits per heavy atom. The third-order valence-corrected chi connectivity index (χ3v) is 4.65. The Labute approximate surface area is 152 Å². The SMILES string of the molecule is Cc1ccc(NC(=O)C2CCN(CC(=O)NC(=O)NC3CC3)CC2)nc1. The zero-order valence-corrected chi connectivity index (χ0v) is 15.0. The van der Waals surface area contributed by atoms with Crippen molar-refractivity contribution in [2.24, 2.45) is 5.92 Å². The van der Waals surface area contributed by atoms with Gasteiger partial charge in [0.25, 0.3) is 0 Å². The Kier molecular flexibility index (Phi) is 5.82. The highest BCUT2D eigenvalue weighted by Gasteiger charge is 2.27. The standard InChI is InChI=1S/C18H25N5O3/c1-12-2-5-15(19-10-12)21-17(25)13-6-8-23(9-7-13)11-16(24)22-18(26)20-14-3-4-14/h2,5,10,13-14H,3-4,6-9,11H2,1H3,(H,19,21,25)(H2,20,22,24,26). The van der Waals surface area contributed by atoms with Crippen molar-refractivity contribution in [3.63, 3.8) is 0 Å². The maximum Gasteiger partial charge on any atom is 0.321 e. The number of piperidine rings is 1. The van der Waals surface area contributed by atoms with Crippen LogP contribution in [0.1, 0.15) is 31.2 Å². The van der Waals surface area contributed by atoms with Gasteiger partial charge in [0, 0.05) is 18.2 Å². The van der Waals surface area contributed by atoms with Crippen LogP contribution in [0.4, 0.5) is 10.6 Å². The normalized spacial score (nSPS) is 18.2. The van der Waals surface area contributed by atoms with Crippen LogP contribution in [0.25, 0.3) is 0 Å². The lowest BCUT2D eigenvalue weighted by Gasteiger charge is -2.30. The van der Waals surface area contributed by atoms with E-state index in [1.165, 1.54) is 0 Å². The average molecular weight is 359 g/mol. The summed E-state index contributed by atoms with van der Waals surface area (Å²) in [5.41, 5.74) is 1.04. The first-order valence-electron chi connectivity index (χ1n) is 9.06. The largest absolute Gasteiger partial charge is 0.335 e. The van der Waals surface area contributed by atoms with Crippen molar-refractivity contribution in [1.82, 2.24) is 20.5 Å². The van der Waals surface area contributed by atoms with Crippen molar-refractivity contribution < 1.29 is 14.4 Å². The summed E-state index contributed by atoms with van der Waals surface area (Å²) in [4.78, 5) is 42.0. The smallest absolute Gasteiger partial charge is 0.321 e. The molecular weight excluding hydrogens is 334 g/mol. The number of aromatic nitrogens is 1. The van der Waals surface area contributed by atoms with Gasteiger partial charge in [0.15, 0.2) is 0 Å². The molecule has 3 N–H and O–H groups in total. The van der Waals surface area contributed by atoms with Gasteiger partial charge in [0.05, 0.1) is 6.54 Å². The molecule has 0 bridgehead atoms. The number of nitrogens with zero attached hydrogens (tertiary/aromatic N) is 2. The Bertz CT molecular complexity index is 664. The van der Waals surface area contributed by atoms with Gasteiger partial charge in [-0.25, -0.2) is 9.78 Å². The lowest BCUT2D eigenvalue weighted by molar-refractivity contribution is -0.122. The van der Waals surface area contributed by atoms with E-state index in [2.05, 4.69) is 20.9 Å². The first kappa shape index (κ1) is 18.3. The van der Waals surface area contributed by atoms with Crippen molar-refractivity contribution >= 4 is 23.7 Å². The number of hydrogen-bond acceptors (Lipinski definition) is 5. The van der Waals surface area contributed by atoms with Crippen LogP contribution in [-0.2, 0) is 9.59 Å². The monoisotopic (exact) mass is 359 g/mol. The topological polar surface area (TPSA) is 103 Å². The number of anilines is 1. The summed E-state index contributed by atoms with van der Waals surface area (Å²) in [5.74, 6) is 0.129. The van der Waals surface area contributed by atoms with Crippen LogP contribution in [0, 0.1) is 12.8 Å². The number of amides is 4. The molecule has 0 aromatic carbocycles. The van der Waals surface area contributed by atoms with Crippen LogP contribution in [-0.4, -0.2) is 53.4 Å². The van der Waals surface area contributed by atoms with Crippen LogP contribution in [0.5, 0.6) is 0 Å². The summed E-state index contributed by atoms with van der Waals surface area (Å²) in [7, 11) is 0. The molecule has 8 heteroatoms. The highest BCUT2D eigenvalue weighted by molar-refractivity contribution is 5.95. The van der Waals surface area contributed by atoms with Crippen LogP contribution < -0.4 is 16.0 Å². The number of pyridine rings is 1. The van der Waals surface area contributed by atoms with Gasteiger partial charge in [-0.2, -0.15) is 0 Å². The first-order valence-corrected chi connectivity index (χ1v) is 9.06. The number of carbonyl (C=O) groups is 3. The molecule has 2 heterocycles. The number of likely N-dealkylation sites (tertiary alicyclic amines) is 1. The summed E-state index contributed by atoms with van der Waals surface area (Å²) >= 11 is 0. The predicted octanol–water partition coefficient (Wildman–Crippen LogP) is 1.03. The van der Waals surface area contributed by atoms with E-state index in [0.29, 0.717) is 31.7 Å². The highest BCUT2D eigenvalue weighted by atomic mass is 16.2. The van der Waals surface area contributed by atoms with Crippen LogP contribution in [0.2, 0.25) is 0 Å². The molecule has 0 spiro atoms. The van der Waals surface area contributed by atoms with Gasteiger partial charge in [0.1, 0.15) is 5.82 Å². The number of hydrogen-bond donors (Lipinski definition) is 3. The van der Waals surface area contributed by atoms with E-state index < -0.39 is 6.03 Å². The Hall–Kier alpha value is -2.48. The Balaban J connectivity index is 1.37. The van der Waals surface area contributed by atoms with E-state index in [-0.39, 0.29) is 30.3 Å². The zero-order valence-electron chi connectivity index (χ0n) is 15.0. The third-order valence-electron chi connectivity index (χ3n) is 4.65. The molecule has 1 saturated carbocycles. The Morgan fingerprint density at radius 3 is 2.50 bits per heavy atom. The van der Waals surface area contributed by atoms with Gasteiger partial charge in [-0.1, -0.05) is 6.07 Å². The maximum absolute atomic E-state index is 12.3. The van der Waals surface area contributed by atoms with Crippen LogP contribution in [0.15, 0.2) is 18.3 Å². The molecule has 3 rings (SSSR count). The molecule has 0 atom stereocenters. The molecule has 1 aliphatic carbocycles. The highest BCUT2D eigenvalue weighted by Crippen LogP contribution is 2.19. The molecule has 2 fully saturated rings. The molecule has 140 valence electrons. The van der Waals surface area contributed by atoms with Gasteiger partial charge in [-0.3, -0.25) is 19.8 Å².